The Balaban J connectivity index is 2.27. The molecule has 11 heteroatoms. The highest BCUT2D eigenvalue weighted by molar-refractivity contribution is 5.95. The van der Waals surface area contributed by atoms with Crippen LogP contribution >= 0.6 is 0 Å². The predicted molar refractivity (Wildman–Crippen MR) is 141 cm³/mol. The molecule has 2 aliphatic rings. The maximum atomic E-state index is 13.9. The molecule has 0 radical (unpaired) electrons. The maximum absolute atomic E-state index is 13.9. The quantitative estimate of drug-likeness (QED) is 0.381. The second-order valence-electron chi connectivity index (χ2n) is 11.6. The average Bonchev–Trinajstić information content (AvgIpc) is 3.17. The summed E-state index contributed by atoms with van der Waals surface area (Å²) < 4.78 is 9.78. The van der Waals surface area contributed by atoms with E-state index in [1.165, 1.54) is 12.0 Å². The van der Waals surface area contributed by atoms with Crippen molar-refractivity contribution < 1.29 is 33.4 Å². The number of hydrogen-bond acceptors (Lipinski definition) is 7. The van der Waals surface area contributed by atoms with Gasteiger partial charge in [-0.3, -0.25) is 14.4 Å². The van der Waals surface area contributed by atoms with Crippen molar-refractivity contribution in [2.45, 2.75) is 91.8 Å². The van der Waals surface area contributed by atoms with Crippen LogP contribution < -0.4 is 16.0 Å². The molecule has 2 rings (SSSR count). The van der Waals surface area contributed by atoms with Crippen molar-refractivity contribution in [1.82, 2.24) is 20.9 Å². The second-order valence-corrected chi connectivity index (χ2v) is 11.6. The number of hydrogen-bond donors (Lipinski definition) is 3. The molecule has 0 aromatic heterocycles. The molecule has 11 nitrogen and oxygen atoms in total. The minimum atomic E-state index is -0.930. The molecule has 1 saturated heterocycles. The standard InChI is InChI=1S/C27H46N4O7/c1-8-38-25(35)21-17(3)16(2)15-31(21)24(34)22(27(4,5)6)30-23(33)20(18-12-10-9-11-13-18)29-19(32)14-28-26(36)37-7/h16-18,20-22H,8-15H2,1-7H3,(H,28,36)(H,29,32)(H,30,33)/t16-,17-,20-,21?,22+/m0/s1. The summed E-state index contributed by atoms with van der Waals surface area (Å²) in [6.07, 6.45) is 3.73. The molecule has 38 heavy (non-hydrogen) atoms. The molecule has 1 aliphatic carbocycles. The van der Waals surface area contributed by atoms with Gasteiger partial charge in [0.05, 0.1) is 13.7 Å². The second kappa shape index (κ2) is 13.8. The molecule has 0 aromatic carbocycles. The lowest BCUT2D eigenvalue weighted by Crippen LogP contribution is -2.61. The maximum Gasteiger partial charge on any atom is 0.407 e. The molecule has 1 heterocycles. The highest BCUT2D eigenvalue weighted by Gasteiger charge is 2.48. The number of methoxy groups -OCH3 is 1. The van der Waals surface area contributed by atoms with Crippen LogP contribution in [0.1, 0.15) is 73.6 Å². The van der Waals surface area contributed by atoms with E-state index in [1.807, 2.05) is 34.6 Å². The lowest BCUT2D eigenvalue weighted by atomic mass is 9.82. The van der Waals surface area contributed by atoms with Gasteiger partial charge in [0.1, 0.15) is 24.7 Å². The summed E-state index contributed by atoms with van der Waals surface area (Å²) >= 11 is 0. The van der Waals surface area contributed by atoms with E-state index in [0.717, 1.165) is 32.1 Å². The van der Waals surface area contributed by atoms with Crippen LogP contribution in [0.3, 0.4) is 0 Å². The van der Waals surface area contributed by atoms with Crippen molar-refractivity contribution in [2.24, 2.45) is 23.2 Å². The van der Waals surface area contributed by atoms with Crippen molar-refractivity contribution in [3.8, 4) is 0 Å². The van der Waals surface area contributed by atoms with E-state index in [4.69, 9.17) is 4.74 Å². The van der Waals surface area contributed by atoms with Crippen LogP contribution in [0.15, 0.2) is 0 Å². The van der Waals surface area contributed by atoms with Gasteiger partial charge in [-0.1, -0.05) is 53.9 Å². The third-order valence-corrected chi connectivity index (χ3v) is 7.73. The van der Waals surface area contributed by atoms with Crippen LogP contribution in [0.25, 0.3) is 0 Å². The molecule has 0 bridgehead atoms. The number of alkyl carbamates (subject to hydrolysis) is 1. The fourth-order valence-electron chi connectivity index (χ4n) is 5.34. The van der Waals surface area contributed by atoms with Gasteiger partial charge in [-0.15, -0.1) is 0 Å². The Morgan fingerprint density at radius 3 is 2.18 bits per heavy atom. The summed E-state index contributed by atoms with van der Waals surface area (Å²) in [5.41, 5.74) is -0.672. The number of nitrogens with one attached hydrogen (secondary N) is 3. The smallest absolute Gasteiger partial charge is 0.407 e. The van der Waals surface area contributed by atoms with E-state index in [0.29, 0.717) is 6.54 Å². The van der Waals surface area contributed by atoms with Gasteiger partial charge < -0.3 is 30.3 Å². The Labute approximate surface area is 226 Å². The van der Waals surface area contributed by atoms with Gasteiger partial charge in [0.25, 0.3) is 0 Å². The lowest BCUT2D eigenvalue weighted by Gasteiger charge is -2.37. The van der Waals surface area contributed by atoms with E-state index in [-0.39, 0.29) is 36.8 Å². The first-order valence-corrected chi connectivity index (χ1v) is 13.7. The van der Waals surface area contributed by atoms with Crippen molar-refractivity contribution in [2.75, 3.05) is 26.8 Å². The summed E-state index contributed by atoms with van der Waals surface area (Å²) in [5, 5.41) is 8.02. The van der Waals surface area contributed by atoms with E-state index in [1.54, 1.807) is 6.92 Å². The normalized spacial score (nSPS) is 23.7. The highest BCUT2D eigenvalue weighted by Crippen LogP contribution is 2.33. The van der Waals surface area contributed by atoms with Crippen molar-refractivity contribution in [3.05, 3.63) is 0 Å². The fourth-order valence-corrected chi connectivity index (χ4v) is 5.34. The van der Waals surface area contributed by atoms with Gasteiger partial charge in [-0.2, -0.15) is 0 Å². The monoisotopic (exact) mass is 538 g/mol. The zero-order valence-electron chi connectivity index (χ0n) is 23.9. The number of carbonyl (C=O) groups is 5. The van der Waals surface area contributed by atoms with E-state index >= 15 is 0 Å². The fraction of sp³-hybridized carbons (Fsp3) is 0.815. The summed E-state index contributed by atoms with van der Waals surface area (Å²) in [4.78, 5) is 65.9. The number of esters is 1. The van der Waals surface area contributed by atoms with E-state index in [9.17, 15) is 24.0 Å². The molecule has 0 spiro atoms. The van der Waals surface area contributed by atoms with Gasteiger partial charge in [-0.25, -0.2) is 9.59 Å². The Hall–Kier alpha value is -2.85. The van der Waals surface area contributed by atoms with Crippen LogP contribution in [-0.4, -0.2) is 79.6 Å². The van der Waals surface area contributed by atoms with Gasteiger partial charge in [0.2, 0.25) is 17.7 Å². The summed E-state index contributed by atoms with van der Waals surface area (Å²) in [5.74, 6) is -1.87. The highest BCUT2D eigenvalue weighted by atomic mass is 16.5. The number of ether oxygens (including phenoxy) is 2. The first-order chi connectivity index (χ1) is 17.8. The number of amides is 4. The summed E-state index contributed by atoms with van der Waals surface area (Å²) in [6, 6.07) is -2.52. The first kappa shape index (κ1) is 31.4. The number of nitrogens with zero attached hydrogens (tertiary/aromatic N) is 1. The molecule has 5 atom stereocenters. The van der Waals surface area contributed by atoms with Crippen molar-refractivity contribution in [3.63, 3.8) is 0 Å². The van der Waals surface area contributed by atoms with Gasteiger partial charge in [-0.05, 0) is 42.9 Å². The van der Waals surface area contributed by atoms with Crippen molar-refractivity contribution in [1.29, 1.82) is 0 Å². The Morgan fingerprint density at radius 2 is 1.63 bits per heavy atom. The Kier molecular flexibility index (Phi) is 11.4. The van der Waals surface area contributed by atoms with Crippen molar-refractivity contribution >= 4 is 29.8 Å². The molecule has 2 fully saturated rings. The summed E-state index contributed by atoms with van der Waals surface area (Å²) in [7, 11) is 1.20. The lowest BCUT2D eigenvalue weighted by molar-refractivity contribution is -0.156. The van der Waals surface area contributed by atoms with Crippen LogP contribution in [-0.2, 0) is 28.7 Å². The number of carbonyl (C=O) groups excluding carboxylic acids is 5. The number of likely N-dealkylation sites (tertiary alicyclic amines) is 1. The molecule has 1 aliphatic heterocycles. The van der Waals surface area contributed by atoms with Crippen LogP contribution in [0.4, 0.5) is 4.79 Å². The van der Waals surface area contributed by atoms with Crippen LogP contribution in [0.2, 0.25) is 0 Å². The van der Waals surface area contributed by atoms with Gasteiger partial charge in [0.15, 0.2) is 0 Å². The zero-order valence-corrected chi connectivity index (χ0v) is 23.9. The van der Waals surface area contributed by atoms with Gasteiger partial charge >= 0.3 is 12.1 Å². The number of rotatable bonds is 9. The largest absolute Gasteiger partial charge is 0.464 e. The van der Waals surface area contributed by atoms with E-state index in [2.05, 4.69) is 20.7 Å². The molecular formula is C27H46N4O7. The molecular weight excluding hydrogens is 492 g/mol. The molecule has 4 amide bonds. The first-order valence-electron chi connectivity index (χ1n) is 13.7. The SMILES string of the molecule is CCOC(=O)C1[C@@H](C)[C@@H](C)CN1C(=O)[C@@H](NC(=O)[C@@H](NC(=O)CNC(=O)OC)C1CCCCC1)C(C)(C)C. The van der Waals surface area contributed by atoms with E-state index < -0.39 is 47.4 Å². The molecule has 1 saturated carbocycles. The average molecular weight is 539 g/mol. The Morgan fingerprint density at radius 1 is 1.00 bits per heavy atom. The minimum absolute atomic E-state index is 0.0845. The van der Waals surface area contributed by atoms with Crippen LogP contribution in [0.5, 0.6) is 0 Å². The topological polar surface area (TPSA) is 143 Å². The predicted octanol–water partition coefficient (Wildman–Crippen LogP) is 1.98. The zero-order chi connectivity index (χ0) is 28.6. The van der Waals surface area contributed by atoms with Gasteiger partial charge in [0, 0.05) is 6.54 Å². The Bertz CT molecular complexity index is 866. The minimum Gasteiger partial charge on any atom is -0.464 e. The summed E-state index contributed by atoms with van der Waals surface area (Å²) in [6.45, 7) is 11.5. The van der Waals surface area contributed by atoms with Crippen LogP contribution in [0, 0.1) is 23.2 Å². The molecule has 1 unspecified atom stereocenters. The third kappa shape index (κ3) is 8.07. The third-order valence-electron chi connectivity index (χ3n) is 7.73. The molecule has 0 aromatic rings. The molecule has 216 valence electrons. The molecule has 3 N–H and O–H groups in total.